The number of amides is 1. The molecule has 0 saturated carbocycles. The maximum atomic E-state index is 13.6. The average molecular weight is 423 g/mol. The number of nitrogens with zero attached hydrogens (tertiary/aromatic N) is 2. The van der Waals surface area contributed by atoms with E-state index in [-0.39, 0.29) is 11.9 Å². The van der Waals surface area contributed by atoms with Gasteiger partial charge in [0.2, 0.25) is 5.91 Å². The van der Waals surface area contributed by atoms with E-state index in [2.05, 4.69) is 28.5 Å². The van der Waals surface area contributed by atoms with Crippen molar-refractivity contribution in [3.05, 3.63) is 82.6 Å². The SMILES string of the molecule is COCCN(CC(=O)N1c2ccccc2OCC1c1ccccc1)Cc1cccs1. The van der Waals surface area contributed by atoms with E-state index in [4.69, 9.17) is 9.47 Å². The van der Waals surface area contributed by atoms with Gasteiger partial charge in [-0.2, -0.15) is 0 Å². The summed E-state index contributed by atoms with van der Waals surface area (Å²) in [4.78, 5) is 18.9. The third-order valence-electron chi connectivity index (χ3n) is 5.22. The Hall–Kier alpha value is -2.67. The van der Waals surface area contributed by atoms with E-state index < -0.39 is 0 Å². The fraction of sp³-hybridized carbons (Fsp3) is 0.292. The maximum Gasteiger partial charge on any atom is 0.241 e. The zero-order valence-electron chi connectivity index (χ0n) is 17.1. The quantitative estimate of drug-likeness (QED) is 0.541. The van der Waals surface area contributed by atoms with Crippen molar-refractivity contribution in [3.63, 3.8) is 0 Å². The average Bonchev–Trinajstić information content (AvgIpc) is 3.30. The van der Waals surface area contributed by atoms with Gasteiger partial charge < -0.3 is 9.47 Å². The van der Waals surface area contributed by atoms with Gasteiger partial charge >= 0.3 is 0 Å². The van der Waals surface area contributed by atoms with Gasteiger partial charge in [-0.1, -0.05) is 48.5 Å². The monoisotopic (exact) mass is 422 g/mol. The molecule has 0 saturated heterocycles. The van der Waals surface area contributed by atoms with E-state index in [1.165, 1.54) is 4.88 Å². The van der Waals surface area contributed by atoms with Gasteiger partial charge in [0.1, 0.15) is 12.4 Å². The lowest BCUT2D eigenvalue weighted by molar-refractivity contribution is -0.121. The summed E-state index contributed by atoms with van der Waals surface area (Å²) < 4.78 is 11.3. The number of fused-ring (bicyclic) bond motifs is 1. The first-order chi connectivity index (χ1) is 14.8. The van der Waals surface area contributed by atoms with E-state index in [9.17, 15) is 4.79 Å². The molecule has 5 nitrogen and oxygen atoms in total. The Morgan fingerprint density at radius 2 is 1.93 bits per heavy atom. The van der Waals surface area contributed by atoms with Crippen LogP contribution < -0.4 is 9.64 Å². The Bertz CT molecular complexity index is 946. The van der Waals surface area contributed by atoms with Gasteiger partial charge in [-0.15, -0.1) is 11.3 Å². The zero-order chi connectivity index (χ0) is 20.8. The van der Waals surface area contributed by atoms with Gasteiger partial charge in [0.25, 0.3) is 0 Å². The molecule has 156 valence electrons. The molecule has 2 heterocycles. The van der Waals surface area contributed by atoms with Crippen molar-refractivity contribution >= 4 is 22.9 Å². The molecule has 0 aliphatic carbocycles. The van der Waals surface area contributed by atoms with Crippen molar-refractivity contribution in [2.75, 3.05) is 38.3 Å². The fourth-order valence-electron chi connectivity index (χ4n) is 3.74. The number of carbonyl (C=O) groups excluding carboxylic acids is 1. The number of rotatable bonds is 8. The van der Waals surface area contributed by atoms with E-state index in [1.807, 2.05) is 53.4 Å². The molecule has 0 radical (unpaired) electrons. The number of carbonyl (C=O) groups is 1. The maximum absolute atomic E-state index is 13.6. The molecule has 4 rings (SSSR count). The Kier molecular flexibility index (Phi) is 6.79. The highest BCUT2D eigenvalue weighted by atomic mass is 32.1. The van der Waals surface area contributed by atoms with E-state index in [0.29, 0.717) is 26.3 Å². The highest BCUT2D eigenvalue weighted by Gasteiger charge is 2.33. The van der Waals surface area contributed by atoms with E-state index in [0.717, 1.165) is 23.5 Å². The summed E-state index contributed by atoms with van der Waals surface area (Å²) in [6.45, 7) is 2.77. The topological polar surface area (TPSA) is 42.0 Å². The van der Waals surface area contributed by atoms with E-state index >= 15 is 0 Å². The molecule has 1 atom stereocenters. The largest absolute Gasteiger partial charge is 0.489 e. The molecule has 0 spiro atoms. The summed E-state index contributed by atoms with van der Waals surface area (Å²) in [6.07, 6.45) is 0. The first-order valence-corrected chi connectivity index (χ1v) is 11.0. The lowest BCUT2D eigenvalue weighted by Crippen LogP contribution is -2.46. The number of anilines is 1. The van der Waals surface area contributed by atoms with Gasteiger partial charge in [0.15, 0.2) is 0 Å². The lowest BCUT2D eigenvalue weighted by atomic mass is 10.0. The fourth-order valence-corrected chi connectivity index (χ4v) is 4.49. The molecule has 0 fully saturated rings. The number of hydrogen-bond donors (Lipinski definition) is 0. The van der Waals surface area contributed by atoms with Crippen LogP contribution in [0, 0.1) is 0 Å². The van der Waals surface area contributed by atoms with E-state index in [1.54, 1.807) is 18.4 Å². The van der Waals surface area contributed by atoms with Crippen LogP contribution in [-0.4, -0.2) is 44.2 Å². The van der Waals surface area contributed by atoms with Crippen LogP contribution in [0.1, 0.15) is 16.5 Å². The molecule has 1 aliphatic heterocycles. The molecule has 1 unspecified atom stereocenters. The van der Waals surface area contributed by atoms with Crippen LogP contribution >= 0.6 is 11.3 Å². The summed E-state index contributed by atoms with van der Waals surface area (Å²) in [7, 11) is 1.69. The summed E-state index contributed by atoms with van der Waals surface area (Å²) in [6, 6.07) is 21.8. The van der Waals surface area contributed by atoms with Crippen LogP contribution in [0.25, 0.3) is 0 Å². The second-order valence-corrected chi connectivity index (χ2v) is 8.28. The number of methoxy groups -OCH3 is 1. The first-order valence-electron chi connectivity index (χ1n) is 10.1. The minimum absolute atomic E-state index is 0.0623. The smallest absolute Gasteiger partial charge is 0.241 e. The molecule has 1 aromatic heterocycles. The molecular weight excluding hydrogens is 396 g/mol. The van der Waals surface area contributed by atoms with Crippen molar-refractivity contribution in [3.8, 4) is 5.75 Å². The highest BCUT2D eigenvalue weighted by molar-refractivity contribution is 7.09. The van der Waals surface area contributed by atoms with Crippen molar-refractivity contribution < 1.29 is 14.3 Å². The van der Waals surface area contributed by atoms with Crippen molar-refractivity contribution in [2.45, 2.75) is 12.6 Å². The molecule has 1 aliphatic rings. The summed E-state index contributed by atoms with van der Waals surface area (Å²) in [5.74, 6) is 0.812. The standard InChI is InChI=1S/C24H26N2O3S/c1-28-14-13-25(16-20-10-7-15-30-20)17-24(27)26-21-11-5-6-12-23(21)29-18-22(26)19-8-3-2-4-9-19/h2-12,15,22H,13-14,16-18H2,1H3. The predicted octanol–water partition coefficient (Wildman–Crippen LogP) is 4.36. The van der Waals surface area contributed by atoms with Crippen LogP contribution in [0.15, 0.2) is 72.1 Å². The summed E-state index contributed by atoms with van der Waals surface area (Å²) in [5.41, 5.74) is 1.90. The Morgan fingerprint density at radius 3 is 2.70 bits per heavy atom. The van der Waals surface area contributed by atoms with Gasteiger partial charge in [0.05, 0.1) is 24.9 Å². The molecule has 3 aromatic rings. The minimum Gasteiger partial charge on any atom is -0.489 e. The molecule has 0 bridgehead atoms. The molecule has 0 N–H and O–H groups in total. The summed E-state index contributed by atoms with van der Waals surface area (Å²) >= 11 is 1.71. The second-order valence-electron chi connectivity index (χ2n) is 7.25. The number of para-hydroxylation sites is 2. The van der Waals surface area contributed by atoms with Crippen LogP contribution in [0.2, 0.25) is 0 Å². The van der Waals surface area contributed by atoms with Crippen molar-refractivity contribution in [2.24, 2.45) is 0 Å². The van der Waals surface area contributed by atoms with Gasteiger partial charge in [-0.25, -0.2) is 0 Å². The Labute approximate surface area is 181 Å². The van der Waals surface area contributed by atoms with Gasteiger partial charge in [-0.3, -0.25) is 14.6 Å². The first kappa shape index (κ1) is 20.6. The van der Waals surface area contributed by atoms with Crippen molar-refractivity contribution in [1.82, 2.24) is 4.90 Å². The normalized spacial score (nSPS) is 15.7. The van der Waals surface area contributed by atoms with Crippen molar-refractivity contribution in [1.29, 1.82) is 0 Å². The molecular formula is C24H26N2O3S. The van der Waals surface area contributed by atoms with Crippen LogP contribution in [0.5, 0.6) is 5.75 Å². The number of ether oxygens (including phenoxy) is 2. The molecule has 6 heteroatoms. The number of hydrogen-bond acceptors (Lipinski definition) is 5. The van der Waals surface area contributed by atoms with Crippen LogP contribution in [0.3, 0.4) is 0 Å². The number of thiophene rings is 1. The summed E-state index contributed by atoms with van der Waals surface area (Å²) in [5, 5.41) is 2.06. The zero-order valence-corrected chi connectivity index (χ0v) is 17.9. The molecule has 30 heavy (non-hydrogen) atoms. The minimum atomic E-state index is -0.153. The lowest BCUT2D eigenvalue weighted by Gasteiger charge is -2.38. The second kappa shape index (κ2) is 9.89. The number of benzene rings is 2. The van der Waals surface area contributed by atoms with Gasteiger partial charge in [0, 0.05) is 25.1 Å². The molecule has 2 aromatic carbocycles. The molecule has 1 amide bonds. The third kappa shape index (κ3) is 4.73. The third-order valence-corrected chi connectivity index (χ3v) is 6.08. The predicted molar refractivity (Wildman–Crippen MR) is 120 cm³/mol. The highest BCUT2D eigenvalue weighted by Crippen LogP contribution is 2.39. The van der Waals surface area contributed by atoms with Gasteiger partial charge in [-0.05, 0) is 29.1 Å². The Balaban J connectivity index is 1.60. The van der Waals surface area contributed by atoms with Crippen LogP contribution in [-0.2, 0) is 16.1 Å². The Morgan fingerprint density at radius 1 is 1.13 bits per heavy atom. The van der Waals surface area contributed by atoms with Crippen LogP contribution in [0.4, 0.5) is 5.69 Å².